The van der Waals surface area contributed by atoms with Gasteiger partial charge in [-0.25, -0.2) is 4.98 Å². The van der Waals surface area contributed by atoms with Crippen LogP contribution in [0.25, 0.3) is 11.0 Å². The fourth-order valence-electron chi connectivity index (χ4n) is 3.68. The first-order valence-corrected chi connectivity index (χ1v) is 12.1. The molecule has 2 aromatic heterocycles. The van der Waals surface area contributed by atoms with Gasteiger partial charge in [0.2, 0.25) is 0 Å². The molecule has 0 unspecified atom stereocenters. The summed E-state index contributed by atoms with van der Waals surface area (Å²) in [7, 11) is 4.26. The van der Waals surface area contributed by atoms with Crippen LogP contribution in [0.5, 0.6) is 0 Å². The van der Waals surface area contributed by atoms with Crippen molar-refractivity contribution in [1.82, 2.24) is 19.9 Å². The summed E-state index contributed by atoms with van der Waals surface area (Å²) in [5.41, 5.74) is 5.25. The van der Waals surface area contributed by atoms with E-state index in [0.717, 1.165) is 58.6 Å². The highest BCUT2D eigenvalue weighted by Gasteiger charge is 2.13. The molecule has 4 aromatic rings. The fraction of sp³-hybridized carbons (Fsp3) is 0.280. The lowest BCUT2D eigenvalue weighted by molar-refractivity contribution is 0.323. The lowest BCUT2D eigenvalue weighted by Crippen LogP contribution is -2.25. The van der Waals surface area contributed by atoms with E-state index < -0.39 is 0 Å². The third-order valence-corrected chi connectivity index (χ3v) is 6.69. The second-order valence-electron chi connectivity index (χ2n) is 7.94. The quantitative estimate of drug-likeness (QED) is 0.297. The molecule has 4 rings (SSSR count). The molecule has 0 aliphatic heterocycles. The van der Waals surface area contributed by atoms with Gasteiger partial charge in [0.05, 0.1) is 27.4 Å². The number of fused-ring (bicyclic) bond motifs is 1. The average Bonchev–Trinajstić information content (AvgIpc) is 3.22. The predicted molar refractivity (Wildman–Crippen MR) is 136 cm³/mol. The second-order valence-corrected chi connectivity index (χ2v) is 9.28. The highest BCUT2D eigenvalue weighted by Crippen LogP contribution is 2.31. The Hall–Kier alpha value is -2.54. The molecule has 0 fully saturated rings. The van der Waals surface area contributed by atoms with Gasteiger partial charge in [0.1, 0.15) is 0 Å². The first kappa shape index (κ1) is 22.6. The molecule has 0 aliphatic carbocycles. The van der Waals surface area contributed by atoms with Gasteiger partial charge < -0.3 is 14.8 Å². The second kappa shape index (κ2) is 10.9. The van der Waals surface area contributed by atoms with Gasteiger partial charge in [0, 0.05) is 32.1 Å². The Morgan fingerprint density at radius 3 is 2.56 bits per heavy atom. The molecule has 0 bridgehead atoms. The number of para-hydroxylation sites is 2. The molecular weight excluding hydrogens is 438 g/mol. The van der Waals surface area contributed by atoms with Crippen molar-refractivity contribution < 1.29 is 0 Å². The number of H-pyrrole nitrogens is 1. The zero-order chi connectivity index (χ0) is 22.3. The van der Waals surface area contributed by atoms with Crippen LogP contribution in [0.1, 0.15) is 17.7 Å². The van der Waals surface area contributed by atoms with Crippen LogP contribution in [0.3, 0.4) is 0 Å². The van der Waals surface area contributed by atoms with Crippen LogP contribution in [0.4, 0.5) is 5.69 Å². The Labute approximate surface area is 198 Å². The van der Waals surface area contributed by atoms with Crippen molar-refractivity contribution in [3.8, 4) is 0 Å². The van der Waals surface area contributed by atoms with Crippen molar-refractivity contribution >= 4 is 40.1 Å². The van der Waals surface area contributed by atoms with E-state index >= 15 is 0 Å². The molecule has 166 valence electrons. The van der Waals surface area contributed by atoms with Gasteiger partial charge in [-0.05, 0) is 43.8 Å². The van der Waals surface area contributed by atoms with Crippen molar-refractivity contribution in [1.29, 1.82) is 0 Å². The number of hydrogen-bond donors (Lipinski definition) is 1. The van der Waals surface area contributed by atoms with E-state index in [2.05, 4.69) is 69.2 Å². The number of pyridine rings is 1. The molecule has 0 spiro atoms. The predicted octanol–water partition coefficient (Wildman–Crippen LogP) is 5.86. The van der Waals surface area contributed by atoms with E-state index in [1.165, 1.54) is 5.56 Å². The van der Waals surface area contributed by atoms with E-state index in [0.29, 0.717) is 5.75 Å². The average molecular weight is 466 g/mol. The van der Waals surface area contributed by atoms with Gasteiger partial charge in [-0.2, -0.15) is 0 Å². The summed E-state index contributed by atoms with van der Waals surface area (Å²) in [5, 5.41) is 1.60. The van der Waals surface area contributed by atoms with E-state index in [-0.39, 0.29) is 0 Å². The summed E-state index contributed by atoms with van der Waals surface area (Å²) in [5.74, 6) is 0.667. The minimum atomic E-state index is 0.667. The SMILES string of the molecule is CN(CCCN(C)c1ccnc(CSc2nc3ccccc3[nH]2)c1Cl)Cc1ccccc1. The summed E-state index contributed by atoms with van der Waals surface area (Å²) in [4.78, 5) is 17.1. The minimum Gasteiger partial charge on any atom is -0.373 e. The molecule has 5 nitrogen and oxygen atoms in total. The Kier molecular flexibility index (Phi) is 7.68. The summed E-state index contributed by atoms with van der Waals surface area (Å²) < 4.78 is 0. The van der Waals surface area contributed by atoms with Crippen LogP contribution >= 0.6 is 23.4 Å². The summed E-state index contributed by atoms with van der Waals surface area (Å²) in [6.07, 6.45) is 2.90. The normalized spacial score (nSPS) is 11.4. The number of halogens is 1. The number of anilines is 1. The lowest BCUT2D eigenvalue weighted by Gasteiger charge is -2.23. The Morgan fingerprint density at radius 1 is 0.969 bits per heavy atom. The summed E-state index contributed by atoms with van der Waals surface area (Å²) in [6, 6.07) is 20.6. The number of nitrogens with zero attached hydrogens (tertiary/aromatic N) is 4. The standard InChI is InChI=1S/C25H28ClN5S/c1-30(17-19-9-4-3-5-10-19)15-8-16-31(2)23-13-14-27-22(24(23)26)18-32-25-28-20-11-6-7-12-21(20)29-25/h3-7,9-14H,8,15-18H2,1-2H3,(H,28,29). The Balaban J connectivity index is 1.31. The molecule has 0 saturated carbocycles. The summed E-state index contributed by atoms with van der Waals surface area (Å²) >= 11 is 8.36. The molecule has 0 amide bonds. The van der Waals surface area contributed by atoms with Gasteiger partial charge in [-0.1, -0.05) is 65.8 Å². The minimum absolute atomic E-state index is 0.667. The molecule has 2 aromatic carbocycles. The van der Waals surface area contributed by atoms with Crippen LogP contribution in [-0.4, -0.2) is 47.0 Å². The maximum absolute atomic E-state index is 6.74. The number of thioether (sulfide) groups is 1. The van der Waals surface area contributed by atoms with Crippen LogP contribution in [-0.2, 0) is 12.3 Å². The van der Waals surface area contributed by atoms with Crippen molar-refractivity contribution in [3.05, 3.63) is 83.1 Å². The van der Waals surface area contributed by atoms with E-state index in [4.69, 9.17) is 11.6 Å². The van der Waals surface area contributed by atoms with Crippen LogP contribution in [0.2, 0.25) is 5.02 Å². The number of nitrogens with one attached hydrogen (secondary N) is 1. The van der Waals surface area contributed by atoms with Gasteiger partial charge in [-0.3, -0.25) is 4.98 Å². The molecule has 0 radical (unpaired) electrons. The highest BCUT2D eigenvalue weighted by molar-refractivity contribution is 7.98. The highest BCUT2D eigenvalue weighted by atomic mass is 35.5. The molecule has 0 atom stereocenters. The van der Waals surface area contributed by atoms with Crippen molar-refractivity contribution in [2.75, 3.05) is 32.1 Å². The lowest BCUT2D eigenvalue weighted by atomic mass is 10.2. The zero-order valence-corrected chi connectivity index (χ0v) is 20.0. The Bertz CT molecular complexity index is 1110. The monoisotopic (exact) mass is 465 g/mol. The fourth-order valence-corrected chi connectivity index (χ4v) is 4.92. The molecule has 0 aliphatic rings. The van der Waals surface area contributed by atoms with E-state index in [9.17, 15) is 0 Å². The number of aromatic amines is 1. The number of imidazole rings is 1. The Morgan fingerprint density at radius 2 is 1.75 bits per heavy atom. The molecule has 0 saturated heterocycles. The summed E-state index contributed by atoms with van der Waals surface area (Å²) in [6.45, 7) is 2.92. The smallest absolute Gasteiger partial charge is 0.166 e. The van der Waals surface area contributed by atoms with Crippen LogP contribution in [0, 0.1) is 0 Å². The number of rotatable bonds is 10. The molecule has 1 N–H and O–H groups in total. The van der Waals surface area contributed by atoms with E-state index in [1.807, 2.05) is 36.5 Å². The van der Waals surface area contributed by atoms with Gasteiger partial charge >= 0.3 is 0 Å². The van der Waals surface area contributed by atoms with Gasteiger partial charge in [0.25, 0.3) is 0 Å². The molecular formula is C25H28ClN5S. The first-order chi connectivity index (χ1) is 15.6. The number of benzene rings is 2. The van der Waals surface area contributed by atoms with Crippen molar-refractivity contribution in [2.45, 2.75) is 23.9 Å². The molecule has 7 heteroatoms. The van der Waals surface area contributed by atoms with Gasteiger partial charge in [0.15, 0.2) is 5.16 Å². The van der Waals surface area contributed by atoms with Gasteiger partial charge in [-0.15, -0.1) is 0 Å². The maximum atomic E-state index is 6.74. The molecule has 32 heavy (non-hydrogen) atoms. The topological polar surface area (TPSA) is 48.1 Å². The number of hydrogen-bond acceptors (Lipinski definition) is 5. The van der Waals surface area contributed by atoms with Crippen LogP contribution < -0.4 is 4.90 Å². The maximum Gasteiger partial charge on any atom is 0.166 e. The number of aromatic nitrogens is 3. The van der Waals surface area contributed by atoms with E-state index in [1.54, 1.807) is 11.8 Å². The zero-order valence-electron chi connectivity index (χ0n) is 18.5. The molecule has 2 heterocycles. The first-order valence-electron chi connectivity index (χ1n) is 10.7. The van der Waals surface area contributed by atoms with Crippen LogP contribution in [0.15, 0.2) is 72.0 Å². The van der Waals surface area contributed by atoms with Crippen molar-refractivity contribution in [2.24, 2.45) is 0 Å². The third-order valence-electron chi connectivity index (χ3n) is 5.39. The third kappa shape index (κ3) is 5.82. The van der Waals surface area contributed by atoms with Crippen molar-refractivity contribution in [3.63, 3.8) is 0 Å². The largest absolute Gasteiger partial charge is 0.373 e.